The zero-order valence-electron chi connectivity index (χ0n) is 16.2. The van der Waals surface area contributed by atoms with Crippen LogP contribution >= 0.6 is 0 Å². The van der Waals surface area contributed by atoms with Crippen molar-refractivity contribution in [3.05, 3.63) is 78.4 Å². The fourth-order valence-corrected chi connectivity index (χ4v) is 3.44. The maximum Gasteiger partial charge on any atom is 0.255 e. The molecule has 0 unspecified atom stereocenters. The first-order chi connectivity index (χ1) is 14.7. The molecule has 1 amide bonds. The zero-order chi connectivity index (χ0) is 20.5. The van der Waals surface area contributed by atoms with Crippen LogP contribution in [0.2, 0.25) is 0 Å². The summed E-state index contributed by atoms with van der Waals surface area (Å²) in [5.41, 5.74) is 3.77. The van der Waals surface area contributed by atoms with E-state index in [1.807, 2.05) is 54.6 Å². The van der Waals surface area contributed by atoms with Crippen LogP contribution in [0.5, 0.6) is 17.2 Å². The lowest BCUT2D eigenvalue weighted by molar-refractivity contribution is 0.102. The molecule has 1 aliphatic rings. The highest BCUT2D eigenvalue weighted by Gasteiger charge is 2.17. The fraction of sp³-hybridized carbons (Fsp3) is 0.0833. The second kappa shape index (κ2) is 7.40. The van der Waals surface area contributed by atoms with Crippen molar-refractivity contribution < 1.29 is 19.0 Å². The van der Waals surface area contributed by atoms with Crippen LogP contribution in [0.1, 0.15) is 10.4 Å². The summed E-state index contributed by atoms with van der Waals surface area (Å²) in [4.78, 5) is 17.4. The van der Waals surface area contributed by atoms with Gasteiger partial charge in [-0.15, -0.1) is 0 Å². The van der Waals surface area contributed by atoms with Crippen LogP contribution in [-0.2, 0) is 0 Å². The smallest absolute Gasteiger partial charge is 0.255 e. The van der Waals surface area contributed by atoms with Gasteiger partial charge in [0.15, 0.2) is 11.5 Å². The van der Waals surface area contributed by atoms with Gasteiger partial charge in [0, 0.05) is 28.3 Å². The second-order valence-corrected chi connectivity index (χ2v) is 6.83. The summed E-state index contributed by atoms with van der Waals surface area (Å²) in [6, 6.07) is 22.5. The lowest BCUT2D eigenvalue weighted by Gasteiger charge is -2.11. The van der Waals surface area contributed by atoms with Crippen molar-refractivity contribution in [3.63, 3.8) is 0 Å². The minimum atomic E-state index is -0.236. The molecule has 6 nitrogen and oxygen atoms in total. The van der Waals surface area contributed by atoms with Crippen molar-refractivity contribution in [2.45, 2.75) is 0 Å². The minimum absolute atomic E-state index is 0.169. The monoisotopic (exact) mass is 398 g/mol. The molecule has 1 N–H and O–H groups in total. The number of hydrogen-bond acceptors (Lipinski definition) is 5. The van der Waals surface area contributed by atoms with E-state index in [0.717, 1.165) is 22.2 Å². The van der Waals surface area contributed by atoms with E-state index in [-0.39, 0.29) is 12.7 Å². The summed E-state index contributed by atoms with van der Waals surface area (Å²) in [6.45, 7) is 0.169. The van der Waals surface area contributed by atoms with Crippen LogP contribution < -0.4 is 19.5 Å². The SMILES string of the molecule is COc1cc(-c2ccccc2)nc2ccc(NC(=O)c3ccc4c(c3)OCO4)cc12. The van der Waals surface area contributed by atoms with Crippen molar-refractivity contribution in [1.29, 1.82) is 0 Å². The molecule has 0 atom stereocenters. The Morgan fingerprint density at radius 1 is 0.967 bits per heavy atom. The third kappa shape index (κ3) is 3.28. The number of benzene rings is 3. The van der Waals surface area contributed by atoms with Gasteiger partial charge >= 0.3 is 0 Å². The van der Waals surface area contributed by atoms with Gasteiger partial charge in [0.2, 0.25) is 6.79 Å². The van der Waals surface area contributed by atoms with Gasteiger partial charge in [-0.2, -0.15) is 0 Å². The number of ether oxygens (including phenoxy) is 3. The second-order valence-electron chi connectivity index (χ2n) is 6.83. The molecule has 0 saturated carbocycles. The van der Waals surface area contributed by atoms with Gasteiger partial charge in [-0.1, -0.05) is 30.3 Å². The molecule has 0 spiro atoms. The van der Waals surface area contributed by atoms with Crippen LogP contribution in [0.4, 0.5) is 5.69 Å². The first-order valence-electron chi connectivity index (χ1n) is 9.46. The number of carbonyl (C=O) groups is 1. The normalized spacial score (nSPS) is 12.0. The van der Waals surface area contributed by atoms with Gasteiger partial charge in [0.1, 0.15) is 5.75 Å². The van der Waals surface area contributed by atoms with E-state index in [1.165, 1.54) is 0 Å². The van der Waals surface area contributed by atoms with Crippen molar-refractivity contribution in [2.24, 2.45) is 0 Å². The topological polar surface area (TPSA) is 69.7 Å². The quantitative estimate of drug-likeness (QED) is 0.530. The molecule has 4 aromatic rings. The van der Waals surface area contributed by atoms with Crippen LogP contribution in [-0.4, -0.2) is 24.8 Å². The number of methoxy groups -OCH3 is 1. The Bertz CT molecular complexity index is 1260. The molecule has 30 heavy (non-hydrogen) atoms. The Morgan fingerprint density at radius 3 is 2.63 bits per heavy atom. The number of pyridine rings is 1. The molecule has 0 radical (unpaired) electrons. The number of amides is 1. The van der Waals surface area contributed by atoms with Gasteiger partial charge < -0.3 is 19.5 Å². The minimum Gasteiger partial charge on any atom is -0.496 e. The molecule has 0 saturated heterocycles. The predicted octanol–water partition coefficient (Wildman–Crippen LogP) is 4.89. The number of carbonyl (C=O) groups excluding carboxylic acids is 1. The van der Waals surface area contributed by atoms with Gasteiger partial charge in [0.25, 0.3) is 5.91 Å². The molecule has 0 bridgehead atoms. The van der Waals surface area contributed by atoms with Crippen LogP contribution in [0.25, 0.3) is 22.2 Å². The molecule has 0 fully saturated rings. The average molecular weight is 398 g/mol. The Balaban J connectivity index is 1.46. The first-order valence-corrected chi connectivity index (χ1v) is 9.46. The molecule has 0 aliphatic carbocycles. The molecule has 5 rings (SSSR count). The predicted molar refractivity (Wildman–Crippen MR) is 114 cm³/mol. The maximum atomic E-state index is 12.7. The Hall–Kier alpha value is -4.06. The fourth-order valence-electron chi connectivity index (χ4n) is 3.44. The number of hydrogen-bond donors (Lipinski definition) is 1. The largest absolute Gasteiger partial charge is 0.496 e. The lowest BCUT2D eigenvalue weighted by Crippen LogP contribution is -2.11. The Morgan fingerprint density at radius 2 is 1.80 bits per heavy atom. The highest BCUT2D eigenvalue weighted by atomic mass is 16.7. The third-order valence-electron chi connectivity index (χ3n) is 4.95. The van der Waals surface area contributed by atoms with Gasteiger partial charge in [-0.05, 0) is 36.4 Å². The van der Waals surface area contributed by atoms with Crippen molar-refractivity contribution in [1.82, 2.24) is 4.98 Å². The van der Waals surface area contributed by atoms with Gasteiger partial charge in [0.05, 0.1) is 18.3 Å². The molecule has 3 aromatic carbocycles. The first kappa shape index (κ1) is 18.0. The van der Waals surface area contributed by atoms with E-state index in [0.29, 0.717) is 28.5 Å². The summed E-state index contributed by atoms with van der Waals surface area (Å²) in [7, 11) is 1.63. The molecule has 1 aromatic heterocycles. The van der Waals surface area contributed by atoms with Crippen LogP contribution in [0.15, 0.2) is 72.8 Å². The van der Waals surface area contributed by atoms with Crippen LogP contribution in [0.3, 0.4) is 0 Å². The molecule has 2 heterocycles. The molecule has 1 aliphatic heterocycles. The maximum absolute atomic E-state index is 12.7. The summed E-state index contributed by atoms with van der Waals surface area (Å²) in [6.07, 6.45) is 0. The van der Waals surface area contributed by atoms with E-state index in [2.05, 4.69) is 5.32 Å². The molecule has 148 valence electrons. The number of nitrogens with zero attached hydrogens (tertiary/aromatic N) is 1. The number of rotatable bonds is 4. The van der Waals surface area contributed by atoms with Gasteiger partial charge in [-0.25, -0.2) is 4.98 Å². The van der Waals surface area contributed by atoms with E-state index in [9.17, 15) is 4.79 Å². The zero-order valence-corrected chi connectivity index (χ0v) is 16.2. The Kier molecular flexibility index (Phi) is 4.44. The summed E-state index contributed by atoms with van der Waals surface area (Å²) >= 11 is 0. The van der Waals surface area contributed by atoms with Crippen molar-refractivity contribution >= 4 is 22.5 Å². The van der Waals surface area contributed by atoms with E-state index in [4.69, 9.17) is 19.2 Å². The molecular weight excluding hydrogens is 380 g/mol. The van der Waals surface area contributed by atoms with Gasteiger partial charge in [-0.3, -0.25) is 4.79 Å². The van der Waals surface area contributed by atoms with Crippen LogP contribution in [0, 0.1) is 0 Å². The summed E-state index contributed by atoms with van der Waals surface area (Å²) in [5.74, 6) is 1.67. The van der Waals surface area contributed by atoms with E-state index in [1.54, 1.807) is 25.3 Å². The molecular formula is C24H18N2O4. The standard InChI is InChI=1S/C24H18N2O4/c1-28-22-13-20(15-5-3-2-4-6-15)26-19-9-8-17(12-18(19)22)25-24(27)16-7-10-21-23(11-16)30-14-29-21/h2-13H,14H2,1H3,(H,25,27). The number of nitrogens with one attached hydrogen (secondary N) is 1. The van der Waals surface area contributed by atoms with E-state index < -0.39 is 0 Å². The molecule has 6 heteroatoms. The highest BCUT2D eigenvalue weighted by molar-refractivity contribution is 6.06. The lowest BCUT2D eigenvalue weighted by atomic mass is 10.1. The number of fused-ring (bicyclic) bond motifs is 2. The third-order valence-corrected chi connectivity index (χ3v) is 4.95. The van der Waals surface area contributed by atoms with E-state index >= 15 is 0 Å². The summed E-state index contributed by atoms with van der Waals surface area (Å²) in [5, 5.41) is 3.74. The number of anilines is 1. The summed E-state index contributed by atoms with van der Waals surface area (Å²) < 4.78 is 16.2. The van der Waals surface area contributed by atoms with Crippen molar-refractivity contribution in [2.75, 3.05) is 19.2 Å². The highest BCUT2D eigenvalue weighted by Crippen LogP contribution is 2.34. The Labute approximate surface area is 173 Å². The number of aromatic nitrogens is 1. The average Bonchev–Trinajstić information content (AvgIpc) is 3.27. The van der Waals surface area contributed by atoms with Crippen molar-refractivity contribution in [3.8, 4) is 28.5 Å².